The van der Waals surface area contributed by atoms with Crippen LogP contribution in [0.4, 0.5) is 0 Å². The summed E-state index contributed by atoms with van der Waals surface area (Å²) >= 11 is 0. The molecule has 0 aromatic heterocycles. The van der Waals surface area contributed by atoms with Gasteiger partial charge in [0.25, 0.3) is 0 Å². The monoisotopic (exact) mass is 103 g/mol. The highest BCUT2D eigenvalue weighted by Crippen LogP contribution is 1.42. The Hall–Kier alpha value is -0.810. The first-order chi connectivity index (χ1) is 3.31. The largest absolute Gasteiger partial charge is 0.359 e. The van der Waals surface area contributed by atoms with E-state index >= 15 is 0 Å². The van der Waals surface area contributed by atoms with Gasteiger partial charge in [0.2, 0.25) is 5.96 Å². The molecule has 0 unspecified atom stereocenters. The van der Waals surface area contributed by atoms with Crippen molar-refractivity contribution in [3.05, 3.63) is 0 Å². The number of rotatable bonds is 1. The molecule has 0 saturated carbocycles. The average molecular weight is 103 g/mol. The number of hydrazine groups is 2. The lowest BCUT2D eigenvalue weighted by molar-refractivity contribution is 0.676. The summed E-state index contributed by atoms with van der Waals surface area (Å²) in [5, 5.41) is 9.27. The molecular weight excluding hydrogens is 94.1 g/mol. The van der Waals surface area contributed by atoms with Crippen LogP contribution in [0.15, 0.2) is 0 Å². The van der Waals surface area contributed by atoms with Crippen molar-refractivity contribution in [2.45, 2.75) is 0 Å². The molecule has 7 heavy (non-hydrogen) atoms. The lowest BCUT2D eigenvalue weighted by Crippen LogP contribution is -2.46. The van der Waals surface area contributed by atoms with E-state index in [1.807, 2.05) is 0 Å². The summed E-state index contributed by atoms with van der Waals surface area (Å²) in [4.78, 5) is 0. The first-order valence-corrected chi connectivity index (χ1v) is 1.79. The number of nitrogens with one attached hydrogen (secondary N) is 4. The molecule has 5 nitrogen and oxygen atoms in total. The Labute approximate surface area is 41.7 Å². The zero-order chi connectivity index (χ0) is 5.70. The molecule has 5 heteroatoms. The van der Waals surface area contributed by atoms with Gasteiger partial charge in [-0.2, -0.15) is 5.53 Å². The summed E-state index contributed by atoms with van der Waals surface area (Å²) in [5.74, 6) is 4.90. The van der Waals surface area contributed by atoms with Crippen molar-refractivity contribution in [3.8, 4) is 0 Å². The standard InChI is InChI=1S/C2H9N5/c1-5-2(3)6-7-4/h7H,4H2,1H3,(H3,3,5,6). The fourth-order valence-corrected chi connectivity index (χ4v) is 0.135. The fraction of sp³-hybridized carbons (Fsp3) is 0.500. The van der Waals surface area contributed by atoms with Gasteiger partial charge in [0, 0.05) is 7.05 Å². The minimum Gasteiger partial charge on any atom is -0.359 e. The normalized spacial score (nSPS) is 7.71. The van der Waals surface area contributed by atoms with Crippen LogP contribution in [0, 0.1) is 5.41 Å². The van der Waals surface area contributed by atoms with Gasteiger partial charge in [-0.15, -0.1) is 0 Å². The van der Waals surface area contributed by atoms with Gasteiger partial charge < -0.3 is 5.32 Å². The summed E-state index contributed by atoms with van der Waals surface area (Å²) < 4.78 is 0. The molecule has 0 bridgehead atoms. The zero-order valence-corrected chi connectivity index (χ0v) is 4.08. The Morgan fingerprint density at radius 3 is 2.43 bits per heavy atom. The smallest absolute Gasteiger partial charge is 0.203 e. The highest BCUT2D eigenvalue weighted by molar-refractivity contribution is 5.75. The molecule has 0 fully saturated rings. The summed E-state index contributed by atoms with van der Waals surface area (Å²) in [6.45, 7) is 0. The van der Waals surface area contributed by atoms with Crippen molar-refractivity contribution in [1.29, 1.82) is 5.41 Å². The Kier molecular flexibility index (Phi) is 2.99. The van der Waals surface area contributed by atoms with E-state index < -0.39 is 0 Å². The molecular formula is C2H9N5. The minimum absolute atomic E-state index is 0.141. The van der Waals surface area contributed by atoms with Gasteiger partial charge >= 0.3 is 0 Å². The van der Waals surface area contributed by atoms with Crippen LogP contribution < -0.4 is 22.1 Å². The van der Waals surface area contributed by atoms with Gasteiger partial charge in [-0.25, -0.2) is 0 Å². The molecule has 0 spiro atoms. The Bertz CT molecular complexity index is 59.1. The van der Waals surface area contributed by atoms with E-state index in [4.69, 9.17) is 11.3 Å². The molecule has 0 heterocycles. The number of hydrogen-bond donors (Lipinski definition) is 5. The van der Waals surface area contributed by atoms with E-state index in [1.54, 1.807) is 7.05 Å². The zero-order valence-electron chi connectivity index (χ0n) is 4.08. The van der Waals surface area contributed by atoms with Crippen molar-refractivity contribution in [2.24, 2.45) is 5.84 Å². The second-order valence-corrected chi connectivity index (χ2v) is 0.894. The summed E-state index contributed by atoms with van der Waals surface area (Å²) in [7, 11) is 1.62. The molecule has 0 aromatic rings. The average Bonchev–Trinajstić information content (AvgIpc) is 1.68. The molecule has 6 N–H and O–H groups in total. The molecule has 0 aliphatic rings. The molecule has 42 valence electrons. The van der Waals surface area contributed by atoms with Crippen LogP contribution in [-0.4, -0.2) is 13.0 Å². The van der Waals surface area contributed by atoms with Crippen LogP contribution in [-0.2, 0) is 0 Å². The van der Waals surface area contributed by atoms with Crippen molar-refractivity contribution < 1.29 is 0 Å². The topological polar surface area (TPSA) is 86.0 Å². The van der Waals surface area contributed by atoms with Crippen LogP contribution in [0.2, 0.25) is 0 Å². The lowest BCUT2D eigenvalue weighted by atomic mass is 11.0. The van der Waals surface area contributed by atoms with Crippen molar-refractivity contribution in [2.75, 3.05) is 7.05 Å². The van der Waals surface area contributed by atoms with Gasteiger partial charge in [0.1, 0.15) is 0 Å². The summed E-state index contributed by atoms with van der Waals surface area (Å²) in [5.41, 5.74) is 4.38. The molecule has 0 rings (SSSR count). The third-order valence-electron chi connectivity index (χ3n) is 0.447. The number of guanidine groups is 1. The van der Waals surface area contributed by atoms with Crippen LogP contribution >= 0.6 is 0 Å². The summed E-state index contributed by atoms with van der Waals surface area (Å²) in [6.07, 6.45) is 0. The first-order valence-electron chi connectivity index (χ1n) is 1.79. The lowest BCUT2D eigenvalue weighted by Gasteiger charge is -2.01. The van der Waals surface area contributed by atoms with E-state index in [1.165, 1.54) is 0 Å². The second-order valence-electron chi connectivity index (χ2n) is 0.894. The van der Waals surface area contributed by atoms with Crippen LogP contribution in [0.5, 0.6) is 0 Å². The molecule has 0 aliphatic carbocycles. The van der Waals surface area contributed by atoms with E-state index in [9.17, 15) is 0 Å². The van der Waals surface area contributed by atoms with E-state index in [0.717, 1.165) is 0 Å². The Morgan fingerprint density at radius 1 is 1.71 bits per heavy atom. The highest BCUT2D eigenvalue weighted by Gasteiger charge is 1.80. The van der Waals surface area contributed by atoms with Crippen molar-refractivity contribution in [3.63, 3.8) is 0 Å². The van der Waals surface area contributed by atoms with E-state index in [2.05, 4.69) is 16.3 Å². The van der Waals surface area contributed by atoms with Gasteiger partial charge in [-0.3, -0.25) is 16.7 Å². The highest BCUT2D eigenvalue weighted by atomic mass is 15.5. The van der Waals surface area contributed by atoms with Gasteiger partial charge in [0.05, 0.1) is 0 Å². The van der Waals surface area contributed by atoms with Gasteiger partial charge in [-0.1, -0.05) is 0 Å². The Balaban J connectivity index is 3.00. The molecule has 0 amide bonds. The SMILES string of the molecule is CNC(=N)NNN. The molecule has 0 aliphatic heterocycles. The van der Waals surface area contributed by atoms with Crippen molar-refractivity contribution in [1.82, 2.24) is 16.3 Å². The summed E-state index contributed by atoms with van der Waals surface area (Å²) in [6, 6.07) is 0. The van der Waals surface area contributed by atoms with E-state index in [-0.39, 0.29) is 5.96 Å². The maximum absolute atomic E-state index is 6.77. The fourth-order valence-electron chi connectivity index (χ4n) is 0.135. The third-order valence-corrected chi connectivity index (χ3v) is 0.447. The van der Waals surface area contributed by atoms with Crippen LogP contribution in [0.1, 0.15) is 0 Å². The maximum Gasteiger partial charge on any atom is 0.203 e. The predicted molar refractivity (Wildman–Crippen MR) is 27.2 cm³/mol. The van der Waals surface area contributed by atoms with Gasteiger partial charge in [-0.05, 0) is 0 Å². The molecule has 0 aromatic carbocycles. The third kappa shape index (κ3) is 3.01. The van der Waals surface area contributed by atoms with Gasteiger partial charge in [0.15, 0.2) is 0 Å². The first kappa shape index (κ1) is 6.19. The maximum atomic E-state index is 6.77. The van der Waals surface area contributed by atoms with Crippen LogP contribution in [0.25, 0.3) is 0 Å². The van der Waals surface area contributed by atoms with Crippen molar-refractivity contribution >= 4 is 5.96 Å². The molecule has 0 saturated heterocycles. The molecule has 0 atom stereocenters. The quantitative estimate of drug-likeness (QED) is 0.116. The predicted octanol–water partition coefficient (Wildman–Crippen LogP) is -1.89. The number of hydrogen-bond acceptors (Lipinski definition) is 3. The molecule has 0 radical (unpaired) electrons. The second kappa shape index (κ2) is 3.38. The van der Waals surface area contributed by atoms with Crippen LogP contribution in [0.3, 0.4) is 0 Å². The van der Waals surface area contributed by atoms with E-state index in [0.29, 0.717) is 0 Å². The minimum atomic E-state index is 0.141. The Morgan fingerprint density at radius 2 is 2.29 bits per heavy atom. The number of nitrogens with two attached hydrogens (primary N) is 1.